The van der Waals surface area contributed by atoms with Crippen molar-refractivity contribution in [3.63, 3.8) is 0 Å². The first-order chi connectivity index (χ1) is 5.02. The maximum atomic E-state index is 9.20. The summed E-state index contributed by atoms with van der Waals surface area (Å²) in [5, 5.41) is 0. The van der Waals surface area contributed by atoms with Crippen molar-refractivity contribution in [1.82, 2.24) is 0 Å². The van der Waals surface area contributed by atoms with Crippen molar-refractivity contribution in [2.75, 3.05) is 7.11 Å². The number of hydrogen-bond acceptors (Lipinski definition) is 3. The van der Waals surface area contributed by atoms with Crippen molar-refractivity contribution in [1.29, 1.82) is 0 Å². The molecule has 0 aliphatic carbocycles. The van der Waals surface area contributed by atoms with Gasteiger partial charge in [-0.25, -0.2) is 0 Å². The van der Waals surface area contributed by atoms with Crippen molar-refractivity contribution in [3.8, 4) is 0 Å². The van der Waals surface area contributed by atoms with Crippen LogP contribution in [0.15, 0.2) is 0 Å². The topological polar surface area (TPSA) is 38.7 Å². The first kappa shape index (κ1) is 11.5. The minimum atomic E-state index is -2.93. The molecule has 0 aliphatic rings. The van der Waals surface area contributed by atoms with Crippen molar-refractivity contribution < 1.29 is 13.9 Å². The highest BCUT2D eigenvalue weighted by molar-refractivity contribution is 8.07. The second kappa shape index (κ2) is 5.22. The molecule has 3 nitrogen and oxygen atoms in total. The summed E-state index contributed by atoms with van der Waals surface area (Å²) < 4.78 is 9.70. The van der Waals surface area contributed by atoms with Gasteiger partial charge in [0, 0.05) is 7.11 Å². The monoisotopic (exact) mass is 198 g/mol. The SMILES string of the molecule is CCCC(C)OP(O)(=S)OC. The minimum absolute atomic E-state index is 0.0178. The zero-order valence-electron chi connectivity index (χ0n) is 7.11. The van der Waals surface area contributed by atoms with Gasteiger partial charge in [-0.15, -0.1) is 0 Å². The Bertz CT molecular complexity index is 151. The molecule has 0 aromatic rings. The fraction of sp³-hybridized carbons (Fsp3) is 1.00. The Kier molecular flexibility index (Phi) is 5.48. The molecular formula is C6H15O3PS. The summed E-state index contributed by atoms with van der Waals surface area (Å²) in [7, 11) is 1.36. The normalized spacial score (nSPS) is 19.3. The molecule has 0 saturated heterocycles. The molecule has 0 bridgehead atoms. The summed E-state index contributed by atoms with van der Waals surface area (Å²) in [4.78, 5) is 9.20. The molecular weight excluding hydrogens is 183 g/mol. The van der Waals surface area contributed by atoms with Crippen molar-refractivity contribution in [2.45, 2.75) is 32.8 Å². The lowest BCUT2D eigenvalue weighted by molar-refractivity contribution is 0.160. The van der Waals surface area contributed by atoms with Gasteiger partial charge in [0.15, 0.2) is 0 Å². The van der Waals surface area contributed by atoms with Crippen LogP contribution in [0.1, 0.15) is 26.7 Å². The minimum Gasteiger partial charge on any atom is -0.324 e. The molecule has 0 amide bonds. The molecule has 2 atom stereocenters. The Morgan fingerprint density at radius 3 is 2.55 bits per heavy atom. The molecule has 0 fully saturated rings. The third-order valence-corrected chi connectivity index (χ3v) is 3.03. The lowest BCUT2D eigenvalue weighted by atomic mass is 10.2. The Morgan fingerprint density at radius 2 is 2.18 bits per heavy atom. The van der Waals surface area contributed by atoms with Crippen molar-refractivity contribution >= 4 is 18.5 Å². The first-order valence-corrected chi connectivity index (χ1v) is 6.18. The maximum absolute atomic E-state index is 9.20. The third-order valence-electron chi connectivity index (χ3n) is 1.24. The van der Waals surface area contributed by atoms with Crippen LogP contribution in [0.4, 0.5) is 0 Å². The highest BCUT2D eigenvalue weighted by atomic mass is 32.5. The van der Waals surface area contributed by atoms with Gasteiger partial charge in [-0.1, -0.05) is 13.3 Å². The standard InChI is InChI=1S/C6H15O3PS/c1-4-5-6(2)9-10(7,11)8-3/h6H,4-5H2,1-3H3,(H,7,11). The van der Waals surface area contributed by atoms with Gasteiger partial charge in [-0.05, 0) is 25.2 Å². The van der Waals surface area contributed by atoms with Crippen LogP contribution in [0.5, 0.6) is 0 Å². The van der Waals surface area contributed by atoms with E-state index in [-0.39, 0.29) is 6.10 Å². The van der Waals surface area contributed by atoms with E-state index in [9.17, 15) is 4.89 Å². The fourth-order valence-electron chi connectivity index (χ4n) is 0.730. The van der Waals surface area contributed by atoms with E-state index in [1.165, 1.54) is 7.11 Å². The molecule has 11 heavy (non-hydrogen) atoms. The molecule has 0 saturated carbocycles. The molecule has 1 N–H and O–H groups in total. The van der Waals surface area contributed by atoms with E-state index in [0.29, 0.717) is 0 Å². The molecule has 0 radical (unpaired) electrons. The van der Waals surface area contributed by atoms with Crippen LogP contribution in [-0.2, 0) is 20.9 Å². The molecule has 0 rings (SSSR count). The second-order valence-corrected chi connectivity index (χ2v) is 5.25. The van der Waals surface area contributed by atoms with Crippen LogP contribution in [0.3, 0.4) is 0 Å². The Balaban J connectivity index is 3.74. The van der Waals surface area contributed by atoms with E-state index in [2.05, 4.69) is 16.3 Å². The average Bonchev–Trinajstić information content (AvgIpc) is 1.87. The summed E-state index contributed by atoms with van der Waals surface area (Å²) >= 11 is 4.66. The van der Waals surface area contributed by atoms with Gasteiger partial charge in [0.05, 0.1) is 6.10 Å². The summed E-state index contributed by atoms with van der Waals surface area (Å²) in [6, 6.07) is 0. The zero-order chi connectivity index (χ0) is 8.91. The van der Waals surface area contributed by atoms with Crippen molar-refractivity contribution in [2.24, 2.45) is 0 Å². The number of hydrogen-bond donors (Lipinski definition) is 1. The van der Waals surface area contributed by atoms with Gasteiger partial charge in [-0.2, -0.15) is 0 Å². The van der Waals surface area contributed by atoms with Gasteiger partial charge >= 0.3 is 6.72 Å². The number of rotatable bonds is 5. The predicted molar refractivity (Wildman–Crippen MR) is 49.0 cm³/mol. The van der Waals surface area contributed by atoms with Crippen LogP contribution in [0.25, 0.3) is 0 Å². The van der Waals surface area contributed by atoms with Gasteiger partial charge in [0.1, 0.15) is 0 Å². The quantitative estimate of drug-likeness (QED) is 0.686. The summed E-state index contributed by atoms with van der Waals surface area (Å²) in [6.07, 6.45) is 1.89. The van der Waals surface area contributed by atoms with E-state index in [1.54, 1.807) is 0 Å². The van der Waals surface area contributed by atoms with Crippen LogP contribution in [0, 0.1) is 0 Å². The Labute approximate surface area is 73.0 Å². The largest absolute Gasteiger partial charge is 0.324 e. The van der Waals surface area contributed by atoms with E-state index >= 15 is 0 Å². The van der Waals surface area contributed by atoms with E-state index in [1.807, 2.05) is 13.8 Å². The van der Waals surface area contributed by atoms with Crippen LogP contribution in [0.2, 0.25) is 0 Å². The molecule has 2 unspecified atom stereocenters. The summed E-state index contributed by atoms with van der Waals surface area (Å²) in [6.45, 7) is 0.998. The first-order valence-electron chi connectivity index (χ1n) is 3.58. The molecule has 0 heterocycles. The van der Waals surface area contributed by atoms with E-state index in [4.69, 9.17) is 4.52 Å². The van der Waals surface area contributed by atoms with Gasteiger partial charge in [0.2, 0.25) is 0 Å². The van der Waals surface area contributed by atoms with E-state index < -0.39 is 6.72 Å². The smallest absolute Gasteiger partial charge is 0.324 e. The molecule has 0 aromatic carbocycles. The Morgan fingerprint density at radius 1 is 1.64 bits per heavy atom. The third kappa shape index (κ3) is 5.76. The van der Waals surface area contributed by atoms with Crippen LogP contribution in [-0.4, -0.2) is 18.1 Å². The van der Waals surface area contributed by atoms with Gasteiger partial charge in [0.25, 0.3) is 0 Å². The lowest BCUT2D eigenvalue weighted by Crippen LogP contribution is -2.05. The van der Waals surface area contributed by atoms with E-state index in [0.717, 1.165) is 12.8 Å². The van der Waals surface area contributed by atoms with Gasteiger partial charge < -0.3 is 13.9 Å². The lowest BCUT2D eigenvalue weighted by Gasteiger charge is -2.17. The van der Waals surface area contributed by atoms with Crippen molar-refractivity contribution in [3.05, 3.63) is 0 Å². The molecule has 68 valence electrons. The average molecular weight is 198 g/mol. The molecule has 5 heteroatoms. The maximum Gasteiger partial charge on any atom is 0.324 e. The fourth-order valence-corrected chi connectivity index (χ4v) is 1.82. The summed E-state index contributed by atoms with van der Waals surface area (Å²) in [5.74, 6) is 0. The molecule has 0 aromatic heterocycles. The highest BCUT2D eigenvalue weighted by Gasteiger charge is 2.15. The van der Waals surface area contributed by atoms with Crippen LogP contribution < -0.4 is 0 Å². The summed E-state index contributed by atoms with van der Waals surface area (Å²) in [5.41, 5.74) is 0. The predicted octanol–water partition coefficient (Wildman–Crippen LogP) is 2.05. The van der Waals surface area contributed by atoms with Crippen LogP contribution >= 0.6 is 6.72 Å². The molecule has 0 spiro atoms. The molecule has 0 aliphatic heterocycles. The van der Waals surface area contributed by atoms with Gasteiger partial charge in [-0.3, -0.25) is 0 Å². The highest BCUT2D eigenvalue weighted by Crippen LogP contribution is 2.44. The Hall–Kier alpha value is 0.530. The second-order valence-electron chi connectivity index (χ2n) is 2.36. The zero-order valence-corrected chi connectivity index (χ0v) is 8.82.